The van der Waals surface area contributed by atoms with Crippen molar-refractivity contribution in [3.63, 3.8) is 0 Å². The minimum absolute atomic E-state index is 0.0644. The van der Waals surface area contributed by atoms with Crippen LogP contribution in [0.3, 0.4) is 0 Å². The first kappa shape index (κ1) is 4.74. The first-order valence-corrected chi connectivity index (χ1v) is 2.18. The minimum atomic E-state index is -0.0644. The van der Waals surface area contributed by atoms with Crippen molar-refractivity contribution >= 4 is 6.72 Å². The molecule has 2 atom stereocenters. The highest BCUT2D eigenvalue weighted by Gasteiger charge is 2.33. The van der Waals surface area contributed by atoms with Crippen molar-refractivity contribution in [3.8, 4) is 0 Å². The zero-order valence-electron chi connectivity index (χ0n) is 4.00. The third kappa shape index (κ3) is 0.976. The molecule has 0 aromatic heterocycles. The molecule has 0 aliphatic carbocycles. The standard InChI is InChI=1S/C4H8N2O/c1-6-2-3-4(5)7-3/h3-4H,1-2,5H2/t3-,4?/m1/s1. The van der Waals surface area contributed by atoms with E-state index in [1.54, 1.807) is 0 Å². The molecule has 1 saturated heterocycles. The summed E-state index contributed by atoms with van der Waals surface area (Å²) in [7, 11) is 0. The van der Waals surface area contributed by atoms with Crippen molar-refractivity contribution < 1.29 is 4.74 Å². The fourth-order valence-electron chi connectivity index (χ4n) is 0.431. The van der Waals surface area contributed by atoms with E-state index in [1.807, 2.05) is 0 Å². The van der Waals surface area contributed by atoms with Gasteiger partial charge in [0.2, 0.25) is 0 Å². The summed E-state index contributed by atoms with van der Waals surface area (Å²) in [5.74, 6) is 0. The van der Waals surface area contributed by atoms with Crippen LogP contribution < -0.4 is 5.73 Å². The number of nitrogens with zero attached hydrogens (tertiary/aromatic N) is 1. The molecule has 1 aliphatic rings. The molecule has 40 valence electrons. The van der Waals surface area contributed by atoms with Crippen LogP contribution in [0.1, 0.15) is 0 Å². The third-order valence-corrected chi connectivity index (χ3v) is 0.931. The maximum absolute atomic E-state index is 5.24. The second kappa shape index (κ2) is 1.60. The molecule has 3 nitrogen and oxygen atoms in total. The number of epoxide rings is 1. The predicted octanol–water partition coefficient (Wildman–Crippen LogP) is -0.629. The summed E-state index contributed by atoms with van der Waals surface area (Å²) in [6, 6.07) is 0. The molecule has 2 N–H and O–H groups in total. The van der Waals surface area contributed by atoms with Gasteiger partial charge in [0.25, 0.3) is 0 Å². The zero-order valence-corrected chi connectivity index (χ0v) is 4.00. The van der Waals surface area contributed by atoms with Crippen molar-refractivity contribution in [2.24, 2.45) is 10.7 Å². The maximum atomic E-state index is 5.24. The number of ether oxygens (including phenoxy) is 1. The van der Waals surface area contributed by atoms with E-state index in [0.717, 1.165) is 0 Å². The van der Waals surface area contributed by atoms with Crippen LogP contribution >= 0.6 is 0 Å². The van der Waals surface area contributed by atoms with Gasteiger partial charge in [0, 0.05) is 0 Å². The van der Waals surface area contributed by atoms with Crippen molar-refractivity contribution in [3.05, 3.63) is 0 Å². The highest BCUT2D eigenvalue weighted by molar-refractivity contribution is 5.23. The molecule has 0 bridgehead atoms. The van der Waals surface area contributed by atoms with Gasteiger partial charge in [-0.2, -0.15) is 0 Å². The largest absolute Gasteiger partial charge is 0.351 e. The van der Waals surface area contributed by atoms with Gasteiger partial charge < -0.3 is 10.5 Å². The van der Waals surface area contributed by atoms with Gasteiger partial charge in [0.15, 0.2) is 0 Å². The smallest absolute Gasteiger partial charge is 0.134 e. The Bertz CT molecular complexity index is 83.8. The average molecular weight is 100 g/mol. The fourth-order valence-corrected chi connectivity index (χ4v) is 0.431. The van der Waals surface area contributed by atoms with E-state index < -0.39 is 0 Å². The summed E-state index contributed by atoms with van der Waals surface area (Å²) in [5.41, 5.74) is 5.24. The maximum Gasteiger partial charge on any atom is 0.134 e. The van der Waals surface area contributed by atoms with Gasteiger partial charge in [-0.1, -0.05) is 0 Å². The van der Waals surface area contributed by atoms with Crippen molar-refractivity contribution in [2.75, 3.05) is 6.54 Å². The Morgan fingerprint density at radius 3 is 2.57 bits per heavy atom. The average Bonchev–Trinajstić information content (AvgIpc) is 2.22. The van der Waals surface area contributed by atoms with Gasteiger partial charge in [-0.25, -0.2) is 0 Å². The molecular weight excluding hydrogens is 92.1 g/mol. The highest BCUT2D eigenvalue weighted by Crippen LogP contribution is 2.15. The fraction of sp³-hybridized carbons (Fsp3) is 0.750. The molecule has 0 saturated carbocycles. The number of nitrogens with two attached hydrogens (primary N) is 1. The van der Waals surface area contributed by atoms with Crippen LogP contribution in [0.2, 0.25) is 0 Å². The number of aliphatic imine (C=N–C) groups is 1. The highest BCUT2D eigenvalue weighted by atomic mass is 16.6. The molecule has 7 heavy (non-hydrogen) atoms. The molecule has 0 aromatic rings. The Hall–Kier alpha value is -0.410. The van der Waals surface area contributed by atoms with E-state index in [0.29, 0.717) is 6.54 Å². The summed E-state index contributed by atoms with van der Waals surface area (Å²) in [4.78, 5) is 3.59. The van der Waals surface area contributed by atoms with Crippen LogP contribution in [0.25, 0.3) is 0 Å². The van der Waals surface area contributed by atoms with Gasteiger partial charge in [-0.3, -0.25) is 4.99 Å². The molecule has 0 aromatic carbocycles. The van der Waals surface area contributed by atoms with Gasteiger partial charge in [0.1, 0.15) is 12.3 Å². The van der Waals surface area contributed by atoms with Crippen LogP contribution in [0.5, 0.6) is 0 Å². The Labute approximate surface area is 42.2 Å². The summed E-state index contributed by atoms with van der Waals surface area (Å²) in [6.07, 6.45) is 0.1000. The Morgan fingerprint density at radius 1 is 1.86 bits per heavy atom. The first-order valence-electron chi connectivity index (χ1n) is 2.18. The lowest BCUT2D eigenvalue weighted by Gasteiger charge is -1.77. The number of hydrogen-bond donors (Lipinski definition) is 1. The van der Waals surface area contributed by atoms with E-state index in [-0.39, 0.29) is 12.3 Å². The lowest BCUT2D eigenvalue weighted by Crippen LogP contribution is -2.06. The summed E-state index contributed by atoms with van der Waals surface area (Å²) in [6.45, 7) is 3.93. The lowest BCUT2D eigenvalue weighted by molar-refractivity contribution is 0.376. The predicted molar refractivity (Wildman–Crippen MR) is 27.3 cm³/mol. The Balaban J connectivity index is 2.08. The van der Waals surface area contributed by atoms with E-state index in [4.69, 9.17) is 10.5 Å². The van der Waals surface area contributed by atoms with E-state index >= 15 is 0 Å². The topological polar surface area (TPSA) is 50.9 Å². The molecule has 3 heteroatoms. The van der Waals surface area contributed by atoms with Crippen LogP contribution in [0, 0.1) is 0 Å². The molecule has 1 rings (SSSR count). The first-order chi connectivity index (χ1) is 3.34. The molecule has 1 fully saturated rings. The third-order valence-electron chi connectivity index (χ3n) is 0.931. The van der Waals surface area contributed by atoms with Crippen molar-refractivity contribution in [2.45, 2.75) is 12.3 Å². The second-order valence-corrected chi connectivity index (χ2v) is 1.55. The zero-order chi connectivity index (χ0) is 5.28. The Morgan fingerprint density at radius 2 is 2.43 bits per heavy atom. The normalized spacial score (nSPS) is 37.9. The molecule has 0 spiro atoms. The van der Waals surface area contributed by atoms with Crippen LogP contribution in [-0.4, -0.2) is 25.6 Å². The molecule has 1 aliphatic heterocycles. The van der Waals surface area contributed by atoms with Crippen molar-refractivity contribution in [1.29, 1.82) is 0 Å². The quantitative estimate of drug-likeness (QED) is 0.371. The van der Waals surface area contributed by atoms with Gasteiger partial charge in [-0.05, 0) is 6.72 Å². The van der Waals surface area contributed by atoms with Crippen LogP contribution in [0.4, 0.5) is 0 Å². The second-order valence-electron chi connectivity index (χ2n) is 1.55. The summed E-state index contributed by atoms with van der Waals surface area (Å²) in [5, 5.41) is 0. The van der Waals surface area contributed by atoms with E-state index in [9.17, 15) is 0 Å². The summed E-state index contributed by atoms with van der Waals surface area (Å²) < 4.78 is 4.80. The monoisotopic (exact) mass is 100 g/mol. The number of rotatable bonds is 2. The SMILES string of the molecule is C=NC[C@H]1OC1N. The van der Waals surface area contributed by atoms with Crippen LogP contribution in [0.15, 0.2) is 4.99 Å². The van der Waals surface area contributed by atoms with Gasteiger partial charge >= 0.3 is 0 Å². The van der Waals surface area contributed by atoms with E-state index in [2.05, 4.69) is 11.7 Å². The molecule has 1 heterocycles. The minimum Gasteiger partial charge on any atom is -0.351 e. The van der Waals surface area contributed by atoms with E-state index in [1.165, 1.54) is 0 Å². The molecule has 0 radical (unpaired) electrons. The van der Waals surface area contributed by atoms with Crippen molar-refractivity contribution in [1.82, 2.24) is 0 Å². The molecule has 0 amide bonds. The molecule has 1 unspecified atom stereocenters. The van der Waals surface area contributed by atoms with Crippen LogP contribution in [-0.2, 0) is 4.74 Å². The number of hydrogen-bond acceptors (Lipinski definition) is 3. The van der Waals surface area contributed by atoms with Gasteiger partial charge in [0.05, 0.1) is 6.54 Å². The lowest BCUT2D eigenvalue weighted by atomic mass is 10.4. The van der Waals surface area contributed by atoms with Gasteiger partial charge in [-0.15, -0.1) is 0 Å². The summed E-state index contributed by atoms with van der Waals surface area (Å²) >= 11 is 0. The molecular formula is C4H8N2O. The Kier molecular flexibility index (Phi) is 1.08.